The van der Waals surface area contributed by atoms with E-state index < -0.39 is 0 Å². The van der Waals surface area contributed by atoms with E-state index in [0.29, 0.717) is 5.75 Å². The summed E-state index contributed by atoms with van der Waals surface area (Å²) in [5, 5.41) is 8.95. The van der Waals surface area contributed by atoms with Gasteiger partial charge in [0.25, 0.3) is 0 Å². The Labute approximate surface area is 71.5 Å². The molecule has 0 aliphatic heterocycles. The highest BCUT2D eigenvalue weighted by Crippen LogP contribution is 2.15. The first-order chi connectivity index (χ1) is 5.24. The van der Waals surface area contributed by atoms with Gasteiger partial charge in [-0.2, -0.15) is 12.6 Å². The zero-order chi connectivity index (χ0) is 8.27. The quantitative estimate of drug-likeness (QED) is 0.585. The van der Waals surface area contributed by atoms with Crippen LogP contribution in [0.1, 0.15) is 11.6 Å². The first kappa shape index (κ1) is 8.43. The van der Waals surface area contributed by atoms with Crippen LogP contribution < -0.4 is 5.73 Å². The zero-order valence-electron chi connectivity index (χ0n) is 6.07. The molecule has 0 fully saturated rings. The van der Waals surface area contributed by atoms with Gasteiger partial charge in [-0.1, -0.05) is 12.1 Å². The SMILES string of the molecule is NC(CS)c1ccc(O)cc1. The Morgan fingerprint density at radius 1 is 1.36 bits per heavy atom. The van der Waals surface area contributed by atoms with E-state index in [1.165, 1.54) is 0 Å². The Kier molecular flexibility index (Phi) is 2.79. The van der Waals surface area contributed by atoms with Crippen molar-refractivity contribution in [3.8, 4) is 5.75 Å². The monoisotopic (exact) mass is 169 g/mol. The molecule has 0 spiro atoms. The Morgan fingerprint density at radius 2 is 1.91 bits per heavy atom. The molecule has 0 amide bonds. The highest BCUT2D eigenvalue weighted by atomic mass is 32.1. The molecule has 0 aromatic heterocycles. The smallest absolute Gasteiger partial charge is 0.115 e. The second-order valence-corrected chi connectivity index (χ2v) is 2.75. The molecule has 2 nitrogen and oxygen atoms in total. The molecule has 0 aliphatic rings. The number of benzene rings is 1. The highest BCUT2D eigenvalue weighted by Gasteiger charge is 2.01. The second-order valence-electron chi connectivity index (χ2n) is 2.38. The molecule has 60 valence electrons. The van der Waals surface area contributed by atoms with Crippen molar-refractivity contribution < 1.29 is 5.11 Å². The standard InChI is InChI=1S/C8H11NOS/c9-8(5-11)6-1-3-7(10)4-2-6/h1-4,8,10-11H,5,9H2. The number of rotatable bonds is 2. The lowest BCUT2D eigenvalue weighted by Crippen LogP contribution is -2.11. The summed E-state index contributed by atoms with van der Waals surface area (Å²) in [6.07, 6.45) is 0. The molecule has 0 aliphatic carbocycles. The van der Waals surface area contributed by atoms with Crippen LogP contribution >= 0.6 is 12.6 Å². The van der Waals surface area contributed by atoms with Crippen molar-refractivity contribution in [2.75, 3.05) is 5.75 Å². The normalized spacial score (nSPS) is 12.9. The topological polar surface area (TPSA) is 46.2 Å². The van der Waals surface area contributed by atoms with Gasteiger partial charge in [-0.25, -0.2) is 0 Å². The van der Waals surface area contributed by atoms with Gasteiger partial charge >= 0.3 is 0 Å². The molecule has 1 unspecified atom stereocenters. The van der Waals surface area contributed by atoms with E-state index in [-0.39, 0.29) is 11.8 Å². The van der Waals surface area contributed by atoms with Gasteiger partial charge in [0.15, 0.2) is 0 Å². The summed E-state index contributed by atoms with van der Waals surface area (Å²) in [5.41, 5.74) is 6.68. The molecule has 0 bridgehead atoms. The fraction of sp³-hybridized carbons (Fsp3) is 0.250. The van der Waals surface area contributed by atoms with Crippen LogP contribution in [0.25, 0.3) is 0 Å². The van der Waals surface area contributed by atoms with Crippen molar-refractivity contribution >= 4 is 12.6 Å². The minimum absolute atomic E-state index is 0.0427. The van der Waals surface area contributed by atoms with Crippen molar-refractivity contribution in [3.63, 3.8) is 0 Å². The van der Waals surface area contributed by atoms with Crippen molar-refractivity contribution in [1.82, 2.24) is 0 Å². The van der Waals surface area contributed by atoms with E-state index >= 15 is 0 Å². The van der Waals surface area contributed by atoms with Crippen LogP contribution in [0.15, 0.2) is 24.3 Å². The number of phenolic OH excluding ortho intramolecular Hbond substituents is 1. The highest BCUT2D eigenvalue weighted by molar-refractivity contribution is 7.80. The van der Waals surface area contributed by atoms with Gasteiger partial charge in [0, 0.05) is 11.8 Å². The van der Waals surface area contributed by atoms with Crippen LogP contribution in [0.2, 0.25) is 0 Å². The maximum absolute atomic E-state index is 8.95. The fourth-order valence-corrected chi connectivity index (χ4v) is 1.04. The van der Waals surface area contributed by atoms with Gasteiger partial charge in [-0.05, 0) is 17.7 Å². The molecular weight excluding hydrogens is 158 g/mol. The number of aromatic hydroxyl groups is 1. The number of hydrogen-bond acceptors (Lipinski definition) is 3. The number of thiol groups is 1. The van der Waals surface area contributed by atoms with Gasteiger partial charge in [-0.15, -0.1) is 0 Å². The summed E-state index contributed by atoms with van der Waals surface area (Å²) in [6, 6.07) is 6.81. The third-order valence-electron chi connectivity index (χ3n) is 1.52. The van der Waals surface area contributed by atoms with E-state index in [9.17, 15) is 0 Å². The molecule has 3 N–H and O–H groups in total. The van der Waals surface area contributed by atoms with E-state index in [1.807, 2.05) is 0 Å². The van der Waals surface area contributed by atoms with Gasteiger partial charge in [0.2, 0.25) is 0 Å². The summed E-state index contributed by atoms with van der Waals surface area (Å²) < 4.78 is 0. The molecule has 0 radical (unpaired) electrons. The first-order valence-corrected chi connectivity index (χ1v) is 4.02. The van der Waals surface area contributed by atoms with E-state index in [4.69, 9.17) is 10.8 Å². The van der Waals surface area contributed by atoms with Crippen LogP contribution in [0.5, 0.6) is 5.75 Å². The van der Waals surface area contributed by atoms with Crippen LogP contribution in [0.3, 0.4) is 0 Å². The minimum Gasteiger partial charge on any atom is -0.508 e. The van der Waals surface area contributed by atoms with Crippen LogP contribution in [0.4, 0.5) is 0 Å². The summed E-state index contributed by atoms with van der Waals surface area (Å²) in [5.74, 6) is 0.880. The second kappa shape index (κ2) is 3.64. The Hall–Kier alpha value is -0.670. The van der Waals surface area contributed by atoms with Crippen LogP contribution in [-0.4, -0.2) is 10.9 Å². The van der Waals surface area contributed by atoms with Gasteiger partial charge in [-0.3, -0.25) is 0 Å². The third-order valence-corrected chi connectivity index (χ3v) is 1.91. The maximum atomic E-state index is 8.95. The number of nitrogens with two attached hydrogens (primary N) is 1. The van der Waals surface area contributed by atoms with Gasteiger partial charge in [0.1, 0.15) is 5.75 Å². The average molecular weight is 169 g/mol. The number of hydrogen-bond donors (Lipinski definition) is 3. The molecule has 1 atom stereocenters. The average Bonchev–Trinajstić information content (AvgIpc) is 2.05. The summed E-state index contributed by atoms with van der Waals surface area (Å²) in [4.78, 5) is 0. The largest absolute Gasteiger partial charge is 0.508 e. The molecule has 0 saturated carbocycles. The van der Waals surface area contributed by atoms with E-state index in [1.54, 1.807) is 24.3 Å². The molecule has 1 aromatic rings. The predicted molar refractivity (Wildman–Crippen MR) is 48.9 cm³/mol. The van der Waals surface area contributed by atoms with E-state index in [2.05, 4.69) is 12.6 Å². The van der Waals surface area contributed by atoms with Crippen molar-refractivity contribution in [1.29, 1.82) is 0 Å². The fourth-order valence-electron chi connectivity index (χ4n) is 0.827. The summed E-state index contributed by atoms with van der Waals surface area (Å²) in [7, 11) is 0. The molecule has 3 heteroatoms. The van der Waals surface area contributed by atoms with Crippen molar-refractivity contribution in [2.24, 2.45) is 5.73 Å². The third kappa shape index (κ3) is 2.13. The Morgan fingerprint density at radius 3 is 2.36 bits per heavy atom. The number of phenols is 1. The maximum Gasteiger partial charge on any atom is 0.115 e. The lowest BCUT2D eigenvalue weighted by Gasteiger charge is -2.07. The van der Waals surface area contributed by atoms with Crippen molar-refractivity contribution in [2.45, 2.75) is 6.04 Å². The molecule has 1 aromatic carbocycles. The van der Waals surface area contributed by atoms with Crippen molar-refractivity contribution in [3.05, 3.63) is 29.8 Å². The van der Waals surface area contributed by atoms with Gasteiger partial charge < -0.3 is 10.8 Å². The van der Waals surface area contributed by atoms with Crippen LogP contribution in [-0.2, 0) is 0 Å². The molecule has 0 heterocycles. The molecule has 1 rings (SSSR count). The molecule has 11 heavy (non-hydrogen) atoms. The Bertz CT molecular complexity index is 222. The lowest BCUT2D eigenvalue weighted by atomic mass is 10.1. The zero-order valence-corrected chi connectivity index (χ0v) is 6.96. The minimum atomic E-state index is -0.0427. The Balaban J connectivity index is 2.81. The van der Waals surface area contributed by atoms with E-state index in [0.717, 1.165) is 5.56 Å². The summed E-state index contributed by atoms with van der Waals surface area (Å²) >= 11 is 4.07. The first-order valence-electron chi connectivity index (χ1n) is 3.39. The predicted octanol–water partition coefficient (Wildman–Crippen LogP) is 1.32. The molecule has 0 saturated heterocycles. The van der Waals surface area contributed by atoms with Crippen LogP contribution in [0, 0.1) is 0 Å². The molecular formula is C8H11NOS. The lowest BCUT2D eigenvalue weighted by molar-refractivity contribution is 0.475. The van der Waals surface area contributed by atoms with Gasteiger partial charge in [0.05, 0.1) is 0 Å². The summed E-state index contributed by atoms with van der Waals surface area (Å²) in [6.45, 7) is 0.